The van der Waals surface area contributed by atoms with E-state index >= 15 is 0 Å². The van der Waals surface area contributed by atoms with Gasteiger partial charge in [-0.05, 0) is 62.8 Å². The molecule has 1 fully saturated rings. The predicted molar refractivity (Wildman–Crippen MR) is 96.7 cm³/mol. The number of hydrogen-bond acceptors (Lipinski definition) is 4. The van der Waals surface area contributed by atoms with Crippen LogP contribution in [0, 0.1) is 19.7 Å². The molecule has 138 valence electrons. The van der Waals surface area contributed by atoms with E-state index in [-0.39, 0.29) is 24.2 Å². The number of halogens is 1. The first kappa shape index (κ1) is 18.1. The van der Waals surface area contributed by atoms with Gasteiger partial charge in [0.15, 0.2) is 5.82 Å². The Balaban J connectivity index is 1.43. The molecule has 0 radical (unpaired) electrons. The Morgan fingerprint density at radius 2 is 1.81 bits per heavy atom. The van der Waals surface area contributed by atoms with E-state index in [0.29, 0.717) is 0 Å². The molecule has 7 heteroatoms. The first-order valence-corrected chi connectivity index (χ1v) is 8.78. The van der Waals surface area contributed by atoms with E-state index in [2.05, 4.69) is 20.6 Å². The first-order valence-electron chi connectivity index (χ1n) is 8.78. The Hall–Kier alpha value is -2.70. The molecule has 1 saturated carbocycles. The lowest BCUT2D eigenvalue weighted by Crippen LogP contribution is -2.41. The Labute approximate surface area is 152 Å². The van der Waals surface area contributed by atoms with Crippen LogP contribution >= 0.6 is 0 Å². The zero-order chi connectivity index (χ0) is 18.5. The third-order valence-corrected chi connectivity index (χ3v) is 4.64. The number of rotatable bonds is 4. The molecule has 2 aromatic rings. The summed E-state index contributed by atoms with van der Waals surface area (Å²) < 4.78 is 18.5. The van der Waals surface area contributed by atoms with Crippen molar-refractivity contribution in [1.82, 2.24) is 15.3 Å². The fraction of sp³-hybridized carbons (Fsp3) is 0.421. The van der Waals surface area contributed by atoms with Crippen LogP contribution in [0.25, 0.3) is 0 Å². The van der Waals surface area contributed by atoms with E-state index in [9.17, 15) is 9.18 Å². The molecular weight excluding hydrogens is 335 g/mol. The maximum absolute atomic E-state index is 12.8. The van der Waals surface area contributed by atoms with Gasteiger partial charge >= 0.3 is 12.0 Å². The van der Waals surface area contributed by atoms with Crippen molar-refractivity contribution in [2.24, 2.45) is 0 Å². The smallest absolute Gasteiger partial charge is 0.319 e. The van der Waals surface area contributed by atoms with E-state index in [0.717, 1.165) is 49.3 Å². The minimum Gasteiger partial charge on any atom is -0.460 e. The number of carbonyl (C=O) groups is 1. The number of urea groups is 1. The summed E-state index contributed by atoms with van der Waals surface area (Å²) in [6, 6.07) is 5.95. The van der Waals surface area contributed by atoms with Crippen LogP contribution in [-0.4, -0.2) is 28.1 Å². The number of hydrogen-bond donors (Lipinski definition) is 2. The minimum absolute atomic E-state index is 0.0127. The summed E-state index contributed by atoms with van der Waals surface area (Å²) in [6.07, 6.45) is 5.36. The highest BCUT2D eigenvalue weighted by Gasteiger charge is 2.24. The second-order valence-electron chi connectivity index (χ2n) is 6.67. The number of amides is 2. The number of nitrogens with zero attached hydrogens (tertiary/aromatic N) is 2. The van der Waals surface area contributed by atoms with Gasteiger partial charge in [0.2, 0.25) is 0 Å². The molecule has 3 rings (SSSR count). The van der Waals surface area contributed by atoms with Crippen LogP contribution in [-0.2, 0) is 0 Å². The van der Waals surface area contributed by atoms with Crippen LogP contribution in [0.3, 0.4) is 0 Å². The monoisotopic (exact) mass is 358 g/mol. The Bertz CT molecular complexity index is 759. The standard InChI is InChI=1S/C19H23FN4O2/c1-12-3-4-16(9-13(12)2)24-18(25)23-15-5-7-17(8-6-15)26-19-21-10-14(20)11-22-19/h3-4,9-11,15,17H,5-8H2,1-2H3,(H2,23,24,25). The second kappa shape index (κ2) is 8.12. The maximum Gasteiger partial charge on any atom is 0.319 e. The molecular formula is C19H23FN4O2. The van der Waals surface area contributed by atoms with Crippen molar-refractivity contribution in [3.05, 3.63) is 47.5 Å². The van der Waals surface area contributed by atoms with Crippen LogP contribution < -0.4 is 15.4 Å². The molecule has 2 amide bonds. The van der Waals surface area contributed by atoms with Gasteiger partial charge in [-0.1, -0.05) is 6.07 Å². The van der Waals surface area contributed by atoms with E-state index in [1.807, 2.05) is 32.0 Å². The van der Waals surface area contributed by atoms with Crippen LogP contribution in [0.4, 0.5) is 14.9 Å². The summed E-state index contributed by atoms with van der Waals surface area (Å²) in [6.45, 7) is 4.06. The quantitative estimate of drug-likeness (QED) is 0.873. The van der Waals surface area contributed by atoms with Gasteiger partial charge < -0.3 is 15.4 Å². The summed E-state index contributed by atoms with van der Waals surface area (Å²) in [5, 5.41) is 5.88. The van der Waals surface area contributed by atoms with Crippen molar-refractivity contribution >= 4 is 11.7 Å². The summed E-state index contributed by atoms with van der Waals surface area (Å²) in [5.74, 6) is -0.486. The zero-order valence-electron chi connectivity index (χ0n) is 15.0. The van der Waals surface area contributed by atoms with Crippen LogP contribution in [0.5, 0.6) is 6.01 Å². The van der Waals surface area contributed by atoms with Gasteiger partial charge in [-0.25, -0.2) is 19.2 Å². The number of carbonyl (C=O) groups excluding carboxylic acids is 1. The summed E-state index contributed by atoms with van der Waals surface area (Å²) in [5.41, 5.74) is 3.12. The molecule has 0 atom stereocenters. The summed E-state index contributed by atoms with van der Waals surface area (Å²) in [4.78, 5) is 19.8. The van der Waals surface area contributed by atoms with E-state index in [1.165, 1.54) is 5.56 Å². The van der Waals surface area contributed by atoms with Crippen LogP contribution in [0.15, 0.2) is 30.6 Å². The van der Waals surface area contributed by atoms with Gasteiger partial charge in [-0.15, -0.1) is 0 Å². The zero-order valence-corrected chi connectivity index (χ0v) is 15.0. The summed E-state index contributed by atoms with van der Waals surface area (Å²) >= 11 is 0. The van der Waals surface area contributed by atoms with Crippen molar-refractivity contribution in [2.45, 2.75) is 51.7 Å². The second-order valence-corrected chi connectivity index (χ2v) is 6.67. The molecule has 1 aliphatic carbocycles. The van der Waals surface area contributed by atoms with Gasteiger partial charge in [-0.2, -0.15) is 0 Å². The molecule has 0 spiro atoms. The molecule has 6 nitrogen and oxygen atoms in total. The lowest BCUT2D eigenvalue weighted by atomic mass is 9.93. The topological polar surface area (TPSA) is 76.1 Å². The van der Waals surface area contributed by atoms with Gasteiger partial charge in [0.25, 0.3) is 0 Å². The van der Waals surface area contributed by atoms with Crippen molar-refractivity contribution in [3.63, 3.8) is 0 Å². The normalized spacial score (nSPS) is 19.7. The number of benzene rings is 1. The van der Waals surface area contributed by atoms with Crippen LogP contribution in [0.2, 0.25) is 0 Å². The third kappa shape index (κ3) is 4.91. The number of aromatic nitrogens is 2. The van der Waals surface area contributed by atoms with Gasteiger partial charge in [0.05, 0.1) is 12.4 Å². The number of ether oxygens (including phenoxy) is 1. The Morgan fingerprint density at radius 1 is 1.12 bits per heavy atom. The molecule has 0 saturated heterocycles. The largest absolute Gasteiger partial charge is 0.460 e. The van der Waals surface area contributed by atoms with Crippen molar-refractivity contribution in [1.29, 1.82) is 0 Å². The fourth-order valence-electron chi connectivity index (χ4n) is 3.01. The molecule has 2 N–H and O–H groups in total. The maximum atomic E-state index is 12.8. The highest BCUT2D eigenvalue weighted by atomic mass is 19.1. The molecule has 1 aliphatic rings. The van der Waals surface area contributed by atoms with Crippen molar-refractivity contribution in [3.8, 4) is 6.01 Å². The molecule has 0 unspecified atom stereocenters. The van der Waals surface area contributed by atoms with Crippen LogP contribution in [0.1, 0.15) is 36.8 Å². The van der Waals surface area contributed by atoms with E-state index in [1.54, 1.807) is 0 Å². The molecule has 26 heavy (non-hydrogen) atoms. The lowest BCUT2D eigenvalue weighted by molar-refractivity contribution is 0.129. The number of aryl methyl sites for hydroxylation is 2. The van der Waals surface area contributed by atoms with Crippen molar-refractivity contribution in [2.75, 3.05) is 5.32 Å². The van der Waals surface area contributed by atoms with E-state index < -0.39 is 5.82 Å². The van der Waals surface area contributed by atoms with Gasteiger partial charge in [0, 0.05) is 11.7 Å². The Morgan fingerprint density at radius 3 is 2.46 bits per heavy atom. The molecule has 0 aliphatic heterocycles. The predicted octanol–water partition coefficient (Wildman–Crippen LogP) is 3.74. The highest BCUT2D eigenvalue weighted by molar-refractivity contribution is 5.89. The number of nitrogens with one attached hydrogen (secondary N) is 2. The highest BCUT2D eigenvalue weighted by Crippen LogP contribution is 2.22. The molecule has 1 aromatic carbocycles. The van der Waals surface area contributed by atoms with Crippen molar-refractivity contribution < 1.29 is 13.9 Å². The SMILES string of the molecule is Cc1ccc(NC(=O)NC2CCC(Oc3ncc(F)cn3)CC2)cc1C. The third-order valence-electron chi connectivity index (χ3n) is 4.64. The molecule has 1 aromatic heterocycles. The van der Waals surface area contributed by atoms with Gasteiger partial charge in [0.1, 0.15) is 6.10 Å². The average Bonchev–Trinajstić information content (AvgIpc) is 2.62. The Kier molecular flexibility index (Phi) is 5.65. The minimum atomic E-state index is -0.486. The first-order chi connectivity index (χ1) is 12.5. The lowest BCUT2D eigenvalue weighted by Gasteiger charge is -2.28. The molecule has 0 bridgehead atoms. The van der Waals surface area contributed by atoms with E-state index in [4.69, 9.17) is 4.74 Å². The fourth-order valence-corrected chi connectivity index (χ4v) is 3.01. The molecule has 1 heterocycles. The average molecular weight is 358 g/mol. The number of anilines is 1. The summed E-state index contributed by atoms with van der Waals surface area (Å²) in [7, 11) is 0. The van der Waals surface area contributed by atoms with Gasteiger partial charge in [-0.3, -0.25) is 0 Å².